The van der Waals surface area contributed by atoms with E-state index in [0.29, 0.717) is 23.5 Å². The molecule has 146 valence electrons. The van der Waals surface area contributed by atoms with Crippen molar-refractivity contribution in [3.63, 3.8) is 0 Å². The molecule has 28 heavy (non-hydrogen) atoms. The maximum absolute atomic E-state index is 12.5. The fourth-order valence-corrected chi connectivity index (χ4v) is 3.45. The summed E-state index contributed by atoms with van der Waals surface area (Å²) in [6.45, 7) is 11.8. The zero-order valence-electron chi connectivity index (χ0n) is 16.3. The quantitative estimate of drug-likeness (QED) is 0.481. The second kappa shape index (κ2) is 8.34. The van der Waals surface area contributed by atoms with Crippen molar-refractivity contribution in [3.8, 4) is 5.95 Å². The van der Waals surface area contributed by atoms with E-state index in [2.05, 4.69) is 37.2 Å². The highest BCUT2D eigenvalue weighted by molar-refractivity contribution is 7.99. The molecule has 0 spiro atoms. The Kier molecular flexibility index (Phi) is 5.88. The van der Waals surface area contributed by atoms with Crippen LogP contribution in [0.4, 0.5) is 5.82 Å². The van der Waals surface area contributed by atoms with Crippen LogP contribution in [0.15, 0.2) is 29.9 Å². The van der Waals surface area contributed by atoms with Crippen molar-refractivity contribution in [2.24, 2.45) is 0 Å². The molecule has 0 bridgehead atoms. The van der Waals surface area contributed by atoms with Crippen LogP contribution in [0.1, 0.15) is 22.9 Å². The second-order valence-corrected chi connectivity index (χ2v) is 7.24. The van der Waals surface area contributed by atoms with Crippen molar-refractivity contribution in [1.29, 1.82) is 0 Å². The first-order chi connectivity index (χ1) is 13.4. The Bertz CT molecular complexity index is 1000. The van der Waals surface area contributed by atoms with E-state index in [1.165, 1.54) is 11.8 Å². The molecule has 0 saturated heterocycles. The SMILES string of the molecule is C=CCn1c(C)nnc1SCC(=O)Nc1cc(C)nn1-c1nc(C)cc(C)n1. The molecular weight excluding hydrogens is 376 g/mol. The number of allylic oxidation sites excluding steroid dienone is 1. The predicted molar refractivity (Wildman–Crippen MR) is 108 cm³/mol. The molecule has 0 aliphatic rings. The van der Waals surface area contributed by atoms with E-state index >= 15 is 0 Å². The number of carbonyl (C=O) groups is 1. The summed E-state index contributed by atoms with van der Waals surface area (Å²) >= 11 is 1.32. The van der Waals surface area contributed by atoms with E-state index in [-0.39, 0.29) is 11.7 Å². The molecule has 3 rings (SSSR count). The predicted octanol–water partition coefficient (Wildman–Crippen LogP) is 2.40. The Morgan fingerprint density at radius 2 is 1.86 bits per heavy atom. The third-order valence-electron chi connectivity index (χ3n) is 3.80. The third kappa shape index (κ3) is 4.45. The number of anilines is 1. The Hall–Kier alpha value is -3.01. The van der Waals surface area contributed by atoms with Gasteiger partial charge in [0.15, 0.2) is 5.16 Å². The molecule has 10 heteroatoms. The van der Waals surface area contributed by atoms with Crippen molar-refractivity contribution in [2.75, 3.05) is 11.1 Å². The van der Waals surface area contributed by atoms with Crippen LogP contribution < -0.4 is 5.32 Å². The van der Waals surface area contributed by atoms with Gasteiger partial charge in [0.2, 0.25) is 5.91 Å². The fraction of sp³-hybridized carbons (Fsp3) is 0.333. The first kappa shape index (κ1) is 19.7. The van der Waals surface area contributed by atoms with Crippen molar-refractivity contribution < 1.29 is 4.79 Å². The highest BCUT2D eigenvalue weighted by Gasteiger charge is 2.15. The van der Waals surface area contributed by atoms with Crippen LogP contribution in [0, 0.1) is 27.7 Å². The number of amides is 1. The van der Waals surface area contributed by atoms with Gasteiger partial charge in [0.1, 0.15) is 11.6 Å². The van der Waals surface area contributed by atoms with Crippen LogP contribution in [0.25, 0.3) is 5.95 Å². The van der Waals surface area contributed by atoms with E-state index in [4.69, 9.17) is 0 Å². The monoisotopic (exact) mass is 398 g/mol. The molecule has 0 fully saturated rings. The van der Waals surface area contributed by atoms with Crippen LogP contribution in [0.2, 0.25) is 0 Å². The number of rotatable bonds is 7. The molecule has 1 N–H and O–H groups in total. The Balaban J connectivity index is 1.74. The highest BCUT2D eigenvalue weighted by atomic mass is 32.2. The molecule has 3 heterocycles. The van der Waals surface area contributed by atoms with Gasteiger partial charge in [0.25, 0.3) is 5.95 Å². The van der Waals surface area contributed by atoms with Crippen LogP contribution in [-0.4, -0.2) is 46.2 Å². The Labute approximate surface area is 167 Å². The maximum Gasteiger partial charge on any atom is 0.252 e. The molecule has 0 aliphatic carbocycles. The minimum atomic E-state index is -0.179. The highest BCUT2D eigenvalue weighted by Crippen LogP contribution is 2.19. The zero-order chi connectivity index (χ0) is 20.3. The van der Waals surface area contributed by atoms with Crippen molar-refractivity contribution in [2.45, 2.75) is 39.4 Å². The van der Waals surface area contributed by atoms with Crippen molar-refractivity contribution in [1.82, 2.24) is 34.5 Å². The molecule has 3 aromatic rings. The molecule has 0 aliphatic heterocycles. The Morgan fingerprint density at radius 3 is 2.54 bits per heavy atom. The van der Waals surface area contributed by atoms with Gasteiger partial charge >= 0.3 is 0 Å². The number of hydrogen-bond donors (Lipinski definition) is 1. The first-order valence-corrected chi connectivity index (χ1v) is 9.68. The summed E-state index contributed by atoms with van der Waals surface area (Å²) < 4.78 is 3.45. The number of hydrogen-bond acceptors (Lipinski definition) is 7. The van der Waals surface area contributed by atoms with Crippen molar-refractivity contribution in [3.05, 3.63) is 47.7 Å². The molecule has 0 saturated carbocycles. The Morgan fingerprint density at radius 1 is 1.14 bits per heavy atom. The summed E-state index contributed by atoms with van der Waals surface area (Å²) in [6.07, 6.45) is 1.77. The van der Waals surface area contributed by atoms with Gasteiger partial charge in [-0.3, -0.25) is 4.79 Å². The molecule has 1 amide bonds. The van der Waals surface area contributed by atoms with Gasteiger partial charge in [-0.2, -0.15) is 9.78 Å². The van der Waals surface area contributed by atoms with Gasteiger partial charge in [-0.25, -0.2) is 9.97 Å². The third-order valence-corrected chi connectivity index (χ3v) is 4.77. The van der Waals surface area contributed by atoms with E-state index in [1.54, 1.807) is 16.8 Å². The fourth-order valence-electron chi connectivity index (χ4n) is 2.66. The van der Waals surface area contributed by atoms with E-state index in [0.717, 1.165) is 22.9 Å². The smallest absolute Gasteiger partial charge is 0.252 e. The maximum atomic E-state index is 12.5. The second-order valence-electron chi connectivity index (χ2n) is 6.30. The molecule has 0 atom stereocenters. The van der Waals surface area contributed by atoms with Crippen LogP contribution >= 0.6 is 11.8 Å². The number of nitrogens with one attached hydrogen (secondary N) is 1. The van der Waals surface area contributed by atoms with Crippen LogP contribution in [0.5, 0.6) is 0 Å². The molecular formula is C18H22N8OS. The normalized spacial score (nSPS) is 10.9. The van der Waals surface area contributed by atoms with E-state index in [9.17, 15) is 4.79 Å². The number of carbonyl (C=O) groups excluding carboxylic acids is 1. The minimum Gasteiger partial charge on any atom is -0.310 e. The standard InChI is InChI=1S/C18H22N8OS/c1-6-7-25-14(5)22-23-18(25)28-10-16(27)21-15-9-13(4)24-26(15)17-19-11(2)8-12(3)20-17/h6,8-9H,1,7,10H2,2-5H3,(H,21,27). The number of aryl methyl sites for hydroxylation is 4. The number of aromatic nitrogens is 7. The van der Waals surface area contributed by atoms with E-state index in [1.807, 2.05) is 38.3 Å². The average molecular weight is 398 g/mol. The molecule has 0 unspecified atom stereocenters. The number of nitrogens with zero attached hydrogens (tertiary/aromatic N) is 7. The van der Waals surface area contributed by atoms with Gasteiger partial charge in [-0.1, -0.05) is 17.8 Å². The van der Waals surface area contributed by atoms with Gasteiger partial charge in [-0.05, 0) is 33.8 Å². The first-order valence-electron chi connectivity index (χ1n) is 8.70. The van der Waals surface area contributed by atoms with Gasteiger partial charge < -0.3 is 9.88 Å². The lowest BCUT2D eigenvalue weighted by Crippen LogP contribution is -2.18. The lowest BCUT2D eigenvalue weighted by Gasteiger charge is -2.09. The summed E-state index contributed by atoms with van der Waals surface area (Å²) in [5.74, 6) is 1.74. The summed E-state index contributed by atoms with van der Waals surface area (Å²) in [5.41, 5.74) is 2.42. The van der Waals surface area contributed by atoms with Crippen LogP contribution in [-0.2, 0) is 11.3 Å². The largest absolute Gasteiger partial charge is 0.310 e. The van der Waals surface area contributed by atoms with Gasteiger partial charge in [0.05, 0.1) is 11.4 Å². The summed E-state index contributed by atoms with van der Waals surface area (Å²) in [4.78, 5) is 21.3. The lowest BCUT2D eigenvalue weighted by molar-refractivity contribution is -0.113. The summed E-state index contributed by atoms with van der Waals surface area (Å²) in [7, 11) is 0. The van der Waals surface area contributed by atoms with Crippen molar-refractivity contribution >= 4 is 23.5 Å². The molecule has 9 nitrogen and oxygen atoms in total. The molecule has 3 aromatic heterocycles. The van der Waals surface area contributed by atoms with Gasteiger partial charge in [-0.15, -0.1) is 16.8 Å². The van der Waals surface area contributed by atoms with E-state index < -0.39 is 0 Å². The lowest BCUT2D eigenvalue weighted by atomic mass is 10.4. The van der Waals surface area contributed by atoms with Gasteiger partial charge in [0, 0.05) is 24.0 Å². The molecule has 0 aromatic carbocycles. The average Bonchev–Trinajstić information content (AvgIpc) is 3.16. The molecule has 0 radical (unpaired) electrons. The topological polar surface area (TPSA) is 103 Å². The summed E-state index contributed by atoms with van der Waals surface area (Å²) in [5, 5.41) is 16.1. The summed E-state index contributed by atoms with van der Waals surface area (Å²) in [6, 6.07) is 3.67. The van der Waals surface area contributed by atoms with Crippen LogP contribution in [0.3, 0.4) is 0 Å². The minimum absolute atomic E-state index is 0.179. The zero-order valence-corrected chi connectivity index (χ0v) is 17.1. The number of thioether (sulfide) groups is 1.